The van der Waals surface area contributed by atoms with Crippen LogP contribution in [0.15, 0.2) is 29.3 Å². The van der Waals surface area contributed by atoms with Crippen molar-refractivity contribution >= 4 is 17.3 Å². The van der Waals surface area contributed by atoms with Crippen LogP contribution in [0.1, 0.15) is 12.5 Å². The van der Waals surface area contributed by atoms with Gasteiger partial charge < -0.3 is 5.32 Å². The van der Waals surface area contributed by atoms with Gasteiger partial charge in [0.2, 0.25) is 0 Å². The molecular weight excluding hydrogens is 215 g/mol. The lowest BCUT2D eigenvalue weighted by molar-refractivity contribution is 0.630. The maximum Gasteiger partial charge on any atom is 0.147 e. The molecule has 0 aliphatic carbocycles. The predicted molar refractivity (Wildman–Crippen MR) is 59.2 cm³/mol. The first-order chi connectivity index (χ1) is 7.17. The summed E-state index contributed by atoms with van der Waals surface area (Å²) in [7, 11) is 0. The van der Waals surface area contributed by atoms with Crippen molar-refractivity contribution in [2.45, 2.75) is 6.92 Å². The van der Waals surface area contributed by atoms with Gasteiger partial charge in [0.25, 0.3) is 0 Å². The number of benzene rings is 1. The Morgan fingerprint density at radius 1 is 1.67 bits per heavy atom. The minimum Gasteiger partial charge on any atom is -0.379 e. The van der Waals surface area contributed by atoms with E-state index in [-0.39, 0.29) is 0 Å². The van der Waals surface area contributed by atoms with Crippen molar-refractivity contribution in [3.63, 3.8) is 0 Å². The van der Waals surface area contributed by atoms with Crippen LogP contribution < -0.4 is 5.32 Å². The summed E-state index contributed by atoms with van der Waals surface area (Å²) in [6.07, 6.45) is 0. The van der Waals surface area contributed by atoms with Gasteiger partial charge in [-0.2, -0.15) is 5.26 Å². The quantitative estimate of drug-likeness (QED) is 0.856. The molecule has 0 unspecified atom stereocenters. The third-order valence-electron chi connectivity index (χ3n) is 1.84. The Balaban J connectivity index is 2.75. The van der Waals surface area contributed by atoms with Crippen molar-refractivity contribution in [3.8, 4) is 6.07 Å². The van der Waals surface area contributed by atoms with E-state index in [1.54, 1.807) is 6.07 Å². The van der Waals surface area contributed by atoms with Gasteiger partial charge in [-0.25, -0.2) is 4.39 Å². The third-order valence-corrected chi connectivity index (χ3v) is 2.21. The SMILES string of the molecule is C/C(=C/Cl)CNc1ccc(C#N)cc1F. The highest BCUT2D eigenvalue weighted by molar-refractivity contribution is 6.25. The van der Waals surface area contributed by atoms with E-state index < -0.39 is 5.82 Å². The Bertz CT molecular complexity index is 421. The first-order valence-electron chi connectivity index (χ1n) is 4.36. The second-order valence-electron chi connectivity index (χ2n) is 3.12. The molecule has 78 valence electrons. The van der Waals surface area contributed by atoms with E-state index in [0.717, 1.165) is 5.57 Å². The normalized spacial score (nSPS) is 10.9. The fourth-order valence-electron chi connectivity index (χ4n) is 1.00. The number of nitrogens with one attached hydrogen (secondary N) is 1. The number of hydrogen-bond donors (Lipinski definition) is 1. The average Bonchev–Trinajstić information content (AvgIpc) is 2.26. The molecule has 4 heteroatoms. The van der Waals surface area contributed by atoms with Crippen molar-refractivity contribution < 1.29 is 4.39 Å². The van der Waals surface area contributed by atoms with Crippen LogP contribution in [0.5, 0.6) is 0 Å². The van der Waals surface area contributed by atoms with E-state index in [4.69, 9.17) is 16.9 Å². The first-order valence-corrected chi connectivity index (χ1v) is 4.80. The van der Waals surface area contributed by atoms with Crippen LogP contribution >= 0.6 is 11.6 Å². The predicted octanol–water partition coefficient (Wildman–Crippen LogP) is 3.25. The van der Waals surface area contributed by atoms with Gasteiger partial charge in [0.15, 0.2) is 0 Å². The van der Waals surface area contributed by atoms with Crippen molar-refractivity contribution in [3.05, 3.63) is 40.7 Å². The molecule has 1 aromatic rings. The highest BCUT2D eigenvalue weighted by Crippen LogP contribution is 2.15. The number of halogens is 2. The van der Waals surface area contributed by atoms with Gasteiger partial charge in [-0.3, -0.25) is 0 Å². The Morgan fingerprint density at radius 3 is 2.93 bits per heavy atom. The first kappa shape index (κ1) is 11.5. The maximum absolute atomic E-state index is 13.3. The van der Waals surface area contributed by atoms with Crippen LogP contribution in [0.4, 0.5) is 10.1 Å². The molecule has 0 aliphatic heterocycles. The zero-order valence-electron chi connectivity index (χ0n) is 8.22. The summed E-state index contributed by atoms with van der Waals surface area (Å²) >= 11 is 5.47. The van der Waals surface area contributed by atoms with Crippen LogP contribution in [-0.4, -0.2) is 6.54 Å². The van der Waals surface area contributed by atoms with Crippen LogP contribution in [-0.2, 0) is 0 Å². The molecule has 0 saturated carbocycles. The molecule has 15 heavy (non-hydrogen) atoms. The molecule has 0 fully saturated rings. The molecule has 1 aromatic carbocycles. The lowest BCUT2D eigenvalue weighted by Crippen LogP contribution is -2.04. The molecular formula is C11H10ClFN2. The zero-order valence-corrected chi connectivity index (χ0v) is 8.98. The van der Waals surface area contributed by atoms with Gasteiger partial charge in [0.1, 0.15) is 5.82 Å². The van der Waals surface area contributed by atoms with Gasteiger partial charge in [-0.15, -0.1) is 0 Å². The summed E-state index contributed by atoms with van der Waals surface area (Å²) in [6, 6.07) is 6.17. The highest BCUT2D eigenvalue weighted by Gasteiger charge is 2.02. The van der Waals surface area contributed by atoms with E-state index in [1.165, 1.54) is 17.7 Å². The molecule has 0 heterocycles. The van der Waals surface area contributed by atoms with E-state index in [1.807, 2.05) is 13.0 Å². The Hall–Kier alpha value is -1.53. The zero-order chi connectivity index (χ0) is 11.3. The number of nitrogens with zero attached hydrogens (tertiary/aromatic N) is 1. The standard InChI is InChI=1S/C11H10ClFN2/c1-8(5-12)7-15-11-3-2-9(6-14)4-10(11)13/h2-5,15H,7H2,1H3/b8-5-. The van der Waals surface area contributed by atoms with Gasteiger partial charge >= 0.3 is 0 Å². The average molecular weight is 225 g/mol. The molecule has 1 N–H and O–H groups in total. The lowest BCUT2D eigenvalue weighted by atomic mass is 10.2. The summed E-state index contributed by atoms with van der Waals surface area (Å²) < 4.78 is 13.3. The summed E-state index contributed by atoms with van der Waals surface area (Å²) in [5.74, 6) is -0.434. The topological polar surface area (TPSA) is 35.8 Å². The smallest absolute Gasteiger partial charge is 0.147 e. The van der Waals surface area contributed by atoms with Crippen molar-refractivity contribution in [1.82, 2.24) is 0 Å². The van der Waals surface area contributed by atoms with Gasteiger partial charge in [0.05, 0.1) is 17.3 Å². The summed E-state index contributed by atoms with van der Waals surface area (Å²) in [4.78, 5) is 0. The van der Waals surface area contributed by atoms with E-state index >= 15 is 0 Å². The fourth-order valence-corrected chi connectivity index (χ4v) is 1.08. The number of hydrogen-bond acceptors (Lipinski definition) is 2. The molecule has 1 rings (SSSR count). The summed E-state index contributed by atoms with van der Waals surface area (Å²) in [6.45, 7) is 2.31. The number of nitriles is 1. The number of rotatable bonds is 3. The molecule has 0 aromatic heterocycles. The largest absolute Gasteiger partial charge is 0.379 e. The van der Waals surface area contributed by atoms with Crippen molar-refractivity contribution in [2.24, 2.45) is 0 Å². The molecule has 0 aliphatic rings. The molecule has 0 bridgehead atoms. The van der Waals surface area contributed by atoms with Crippen LogP contribution in [0, 0.1) is 17.1 Å². The van der Waals surface area contributed by atoms with Crippen LogP contribution in [0.2, 0.25) is 0 Å². The van der Waals surface area contributed by atoms with E-state index in [0.29, 0.717) is 17.8 Å². The Morgan fingerprint density at radius 2 is 2.40 bits per heavy atom. The van der Waals surface area contributed by atoms with Crippen LogP contribution in [0.3, 0.4) is 0 Å². The Kier molecular flexibility index (Phi) is 4.14. The molecule has 2 nitrogen and oxygen atoms in total. The molecule has 0 spiro atoms. The lowest BCUT2D eigenvalue weighted by Gasteiger charge is -2.07. The monoisotopic (exact) mass is 224 g/mol. The van der Waals surface area contributed by atoms with Gasteiger partial charge in [0, 0.05) is 12.1 Å². The molecule has 0 saturated heterocycles. The summed E-state index contributed by atoms with van der Waals surface area (Å²) in [5, 5.41) is 11.4. The van der Waals surface area contributed by atoms with Crippen molar-refractivity contribution in [1.29, 1.82) is 5.26 Å². The molecule has 0 atom stereocenters. The van der Waals surface area contributed by atoms with Crippen molar-refractivity contribution in [2.75, 3.05) is 11.9 Å². The number of anilines is 1. The van der Waals surface area contributed by atoms with E-state index in [2.05, 4.69) is 5.32 Å². The second-order valence-corrected chi connectivity index (χ2v) is 3.33. The van der Waals surface area contributed by atoms with E-state index in [9.17, 15) is 4.39 Å². The van der Waals surface area contributed by atoms with Gasteiger partial charge in [-0.05, 0) is 30.7 Å². The van der Waals surface area contributed by atoms with Crippen LogP contribution in [0.25, 0.3) is 0 Å². The minimum absolute atomic E-state index is 0.308. The highest BCUT2D eigenvalue weighted by atomic mass is 35.5. The summed E-state index contributed by atoms with van der Waals surface area (Å²) in [5.41, 5.74) is 3.02. The third kappa shape index (κ3) is 3.26. The molecule has 0 amide bonds. The molecule has 0 radical (unpaired) electrons. The second kappa shape index (κ2) is 5.38. The Labute approximate surface area is 93.0 Å². The fraction of sp³-hybridized carbons (Fsp3) is 0.182. The minimum atomic E-state index is -0.434. The van der Waals surface area contributed by atoms with Gasteiger partial charge in [-0.1, -0.05) is 11.6 Å². The maximum atomic E-state index is 13.3.